The van der Waals surface area contributed by atoms with E-state index in [-0.39, 0.29) is 35.5 Å². The summed E-state index contributed by atoms with van der Waals surface area (Å²) in [5.74, 6) is 0.144. The third-order valence-corrected chi connectivity index (χ3v) is 10.7. The van der Waals surface area contributed by atoms with E-state index in [1.165, 1.54) is 17.0 Å². The predicted molar refractivity (Wildman–Crippen MR) is 184 cm³/mol. The number of aryl methyl sites for hydroxylation is 1. The average molecular weight is 668 g/mol. The van der Waals surface area contributed by atoms with Gasteiger partial charge in [0.1, 0.15) is 25.8 Å². The summed E-state index contributed by atoms with van der Waals surface area (Å²) < 4.78 is 41.1. The number of carbonyl (C=O) groups excluding carboxylic acids is 2. The maximum Gasteiger partial charge on any atom is 0.264 e. The lowest BCUT2D eigenvalue weighted by atomic mass is 10.0. The molecule has 1 saturated carbocycles. The van der Waals surface area contributed by atoms with Crippen LogP contribution < -0.4 is 19.1 Å². The zero-order chi connectivity index (χ0) is 33.5. The maximum absolute atomic E-state index is 14.7. The van der Waals surface area contributed by atoms with Crippen LogP contribution in [0.15, 0.2) is 108 Å². The average Bonchev–Trinajstić information content (AvgIpc) is 3.63. The second kappa shape index (κ2) is 14.9. The zero-order valence-electron chi connectivity index (χ0n) is 27.1. The third kappa shape index (κ3) is 7.82. The molecule has 0 bridgehead atoms. The van der Waals surface area contributed by atoms with Crippen molar-refractivity contribution in [3.63, 3.8) is 0 Å². The summed E-state index contributed by atoms with van der Waals surface area (Å²) in [6.45, 7) is 2.28. The highest BCUT2D eigenvalue weighted by molar-refractivity contribution is 7.92. The van der Waals surface area contributed by atoms with Crippen LogP contribution in [-0.2, 0) is 32.6 Å². The Kier molecular flexibility index (Phi) is 10.3. The van der Waals surface area contributed by atoms with E-state index < -0.39 is 28.5 Å². The van der Waals surface area contributed by atoms with Crippen molar-refractivity contribution in [2.24, 2.45) is 0 Å². The number of hydrogen-bond acceptors (Lipinski definition) is 6. The van der Waals surface area contributed by atoms with Crippen LogP contribution in [0.1, 0.15) is 42.4 Å². The molecule has 250 valence electrons. The largest absolute Gasteiger partial charge is 0.486 e. The molecule has 1 aliphatic heterocycles. The first-order valence-electron chi connectivity index (χ1n) is 16.4. The number of carbonyl (C=O) groups is 2. The van der Waals surface area contributed by atoms with Gasteiger partial charge < -0.3 is 19.7 Å². The van der Waals surface area contributed by atoms with Crippen LogP contribution in [0.5, 0.6) is 11.5 Å². The first-order chi connectivity index (χ1) is 23.3. The van der Waals surface area contributed by atoms with Gasteiger partial charge in [0, 0.05) is 25.1 Å². The molecule has 1 aliphatic carbocycles. The first-order valence-corrected chi connectivity index (χ1v) is 17.9. The number of nitrogens with zero attached hydrogens (tertiary/aromatic N) is 2. The molecule has 1 atom stereocenters. The van der Waals surface area contributed by atoms with Crippen LogP contribution in [0.4, 0.5) is 5.69 Å². The normalized spacial score (nSPS) is 15.0. The monoisotopic (exact) mass is 667 g/mol. The van der Waals surface area contributed by atoms with Crippen molar-refractivity contribution in [1.82, 2.24) is 10.2 Å². The lowest BCUT2D eigenvalue weighted by Crippen LogP contribution is -2.54. The highest BCUT2D eigenvalue weighted by Gasteiger charge is 2.36. The molecule has 4 aromatic carbocycles. The zero-order valence-corrected chi connectivity index (χ0v) is 27.9. The van der Waals surface area contributed by atoms with Gasteiger partial charge in [-0.25, -0.2) is 8.42 Å². The van der Waals surface area contributed by atoms with Gasteiger partial charge in [0.2, 0.25) is 11.8 Å². The number of ether oxygens (including phenoxy) is 2. The van der Waals surface area contributed by atoms with Gasteiger partial charge >= 0.3 is 0 Å². The SMILES string of the molecule is Cc1ccc(CN(C(=O)CN(c2ccc3c(c2)OCCO3)S(=O)(=O)c2ccccc2)C(Cc2ccccc2)C(=O)NC2CCCC2)cc1. The van der Waals surface area contributed by atoms with E-state index in [0.717, 1.165) is 46.7 Å². The van der Waals surface area contributed by atoms with Gasteiger partial charge in [0.05, 0.1) is 10.6 Å². The van der Waals surface area contributed by atoms with Crippen molar-refractivity contribution in [2.45, 2.75) is 62.6 Å². The molecule has 9 nitrogen and oxygen atoms in total. The Balaban J connectivity index is 1.40. The predicted octanol–water partition coefficient (Wildman–Crippen LogP) is 5.66. The molecule has 0 aromatic heterocycles. The molecule has 1 unspecified atom stereocenters. The van der Waals surface area contributed by atoms with E-state index in [9.17, 15) is 18.0 Å². The number of anilines is 1. The second-order valence-corrected chi connectivity index (χ2v) is 14.2. The summed E-state index contributed by atoms with van der Waals surface area (Å²) in [5.41, 5.74) is 3.04. The highest BCUT2D eigenvalue weighted by Crippen LogP contribution is 2.36. The molecule has 0 saturated heterocycles. The van der Waals surface area contributed by atoms with Gasteiger partial charge in [-0.1, -0.05) is 91.2 Å². The van der Waals surface area contributed by atoms with Crippen LogP contribution >= 0.6 is 0 Å². The Hall–Kier alpha value is -4.83. The molecular weight excluding hydrogens is 627 g/mol. The number of rotatable bonds is 12. The maximum atomic E-state index is 14.7. The number of nitrogens with one attached hydrogen (secondary N) is 1. The van der Waals surface area contributed by atoms with E-state index in [1.807, 2.05) is 61.5 Å². The van der Waals surface area contributed by atoms with Gasteiger partial charge in [-0.05, 0) is 55.2 Å². The number of sulfonamides is 1. The summed E-state index contributed by atoms with van der Waals surface area (Å²) in [5, 5.41) is 3.21. The molecule has 4 aromatic rings. The molecule has 1 fully saturated rings. The molecule has 10 heteroatoms. The van der Waals surface area contributed by atoms with Gasteiger partial charge in [-0.15, -0.1) is 0 Å². The lowest BCUT2D eigenvalue weighted by Gasteiger charge is -2.34. The lowest BCUT2D eigenvalue weighted by molar-refractivity contribution is -0.140. The van der Waals surface area contributed by atoms with Crippen LogP contribution in [0.25, 0.3) is 0 Å². The summed E-state index contributed by atoms with van der Waals surface area (Å²) >= 11 is 0. The van der Waals surface area contributed by atoms with Crippen molar-refractivity contribution in [1.29, 1.82) is 0 Å². The Labute approximate surface area is 282 Å². The summed E-state index contributed by atoms with van der Waals surface area (Å²) in [6.07, 6.45) is 4.14. The standard InChI is InChI=1S/C38H41N3O6S/c1-28-16-18-30(19-17-28)26-40(34(24-29-10-4-2-5-11-29)38(43)39-31-12-8-9-13-31)37(42)27-41(48(44,45)33-14-6-3-7-15-33)32-20-21-35-36(25-32)47-23-22-46-35/h2-7,10-11,14-21,25,31,34H,8-9,12-13,22-24,26-27H2,1H3,(H,39,43). The third-order valence-electron chi connectivity index (χ3n) is 8.87. The van der Waals surface area contributed by atoms with E-state index in [0.29, 0.717) is 24.7 Å². The Bertz CT molecular complexity index is 1810. The minimum Gasteiger partial charge on any atom is -0.486 e. The van der Waals surface area contributed by atoms with Gasteiger partial charge in [0.25, 0.3) is 10.0 Å². The molecule has 1 heterocycles. The fourth-order valence-electron chi connectivity index (χ4n) is 6.25. The minimum absolute atomic E-state index is 0.0394. The summed E-state index contributed by atoms with van der Waals surface area (Å²) in [7, 11) is -4.22. The number of fused-ring (bicyclic) bond motifs is 1. The topological polar surface area (TPSA) is 105 Å². The molecule has 0 spiro atoms. The quantitative estimate of drug-likeness (QED) is 0.209. The fraction of sp³-hybridized carbons (Fsp3) is 0.316. The molecule has 1 N–H and O–H groups in total. The van der Waals surface area contributed by atoms with Crippen LogP contribution in [0.2, 0.25) is 0 Å². The Morgan fingerprint density at radius 2 is 1.46 bits per heavy atom. The van der Waals surface area contributed by atoms with Crippen LogP contribution in [0, 0.1) is 6.92 Å². The Morgan fingerprint density at radius 3 is 2.15 bits per heavy atom. The van der Waals surface area contributed by atoms with E-state index in [4.69, 9.17) is 9.47 Å². The first kappa shape index (κ1) is 33.1. The Morgan fingerprint density at radius 1 is 0.812 bits per heavy atom. The van der Waals surface area contributed by atoms with E-state index in [1.54, 1.807) is 36.4 Å². The molecule has 2 aliphatic rings. The van der Waals surface area contributed by atoms with Crippen LogP contribution in [-0.4, -0.2) is 57.0 Å². The van der Waals surface area contributed by atoms with E-state index in [2.05, 4.69) is 5.32 Å². The molecule has 48 heavy (non-hydrogen) atoms. The van der Waals surface area contributed by atoms with Crippen molar-refractivity contribution < 1.29 is 27.5 Å². The van der Waals surface area contributed by atoms with Crippen molar-refractivity contribution in [2.75, 3.05) is 24.1 Å². The number of amides is 2. The van der Waals surface area contributed by atoms with E-state index >= 15 is 0 Å². The summed E-state index contributed by atoms with van der Waals surface area (Å²) in [4.78, 5) is 30.5. The molecule has 2 amide bonds. The number of benzene rings is 4. The number of hydrogen-bond donors (Lipinski definition) is 1. The van der Waals surface area contributed by atoms with Gasteiger partial charge in [-0.3, -0.25) is 13.9 Å². The van der Waals surface area contributed by atoms with Gasteiger partial charge in [0.15, 0.2) is 11.5 Å². The highest BCUT2D eigenvalue weighted by atomic mass is 32.2. The molecular formula is C38H41N3O6S. The minimum atomic E-state index is -4.22. The molecule has 0 radical (unpaired) electrons. The van der Waals surface area contributed by atoms with Crippen molar-refractivity contribution >= 4 is 27.5 Å². The van der Waals surface area contributed by atoms with Crippen molar-refractivity contribution in [3.8, 4) is 11.5 Å². The summed E-state index contributed by atoms with van der Waals surface area (Å²) in [6, 6.07) is 29.4. The smallest absolute Gasteiger partial charge is 0.264 e. The second-order valence-electron chi connectivity index (χ2n) is 12.4. The van der Waals surface area contributed by atoms with Crippen LogP contribution in [0.3, 0.4) is 0 Å². The van der Waals surface area contributed by atoms with Crippen molar-refractivity contribution in [3.05, 3.63) is 120 Å². The van der Waals surface area contributed by atoms with Gasteiger partial charge in [-0.2, -0.15) is 0 Å². The molecule has 6 rings (SSSR count). The fourth-order valence-corrected chi connectivity index (χ4v) is 7.67.